The third-order valence-electron chi connectivity index (χ3n) is 2.08. The van der Waals surface area contributed by atoms with Gasteiger partial charge in [-0.15, -0.1) is 0 Å². The van der Waals surface area contributed by atoms with Crippen molar-refractivity contribution in [1.29, 1.82) is 0 Å². The van der Waals surface area contributed by atoms with E-state index in [1.54, 1.807) is 13.0 Å². The summed E-state index contributed by atoms with van der Waals surface area (Å²) >= 11 is 0. The van der Waals surface area contributed by atoms with E-state index in [4.69, 9.17) is 14.5 Å². The molecule has 0 unspecified atom stereocenters. The molecule has 0 aliphatic heterocycles. The molecule has 5 nitrogen and oxygen atoms in total. The first-order valence-corrected chi connectivity index (χ1v) is 4.41. The Balaban J connectivity index is 2.42. The molecule has 2 N–H and O–H groups in total. The maximum atomic E-state index is 9.00. The molecule has 0 aliphatic rings. The molecule has 0 radical (unpaired) electrons. The Labute approximate surface area is 86.6 Å². The Kier molecular flexibility index (Phi) is 2.53. The number of hydrogen-bond acceptors (Lipinski definition) is 5. The van der Waals surface area contributed by atoms with E-state index in [0.717, 1.165) is 5.56 Å². The van der Waals surface area contributed by atoms with Gasteiger partial charge >= 0.3 is 7.12 Å². The van der Waals surface area contributed by atoms with Crippen LogP contribution in [0.4, 0.5) is 0 Å². The highest BCUT2D eigenvalue weighted by Gasteiger charge is 2.15. The van der Waals surface area contributed by atoms with E-state index in [9.17, 15) is 0 Å². The predicted molar refractivity (Wildman–Crippen MR) is 54.3 cm³/mol. The molecule has 2 rings (SSSR count). The second-order valence-corrected chi connectivity index (χ2v) is 3.14. The fourth-order valence-electron chi connectivity index (χ4n) is 1.30. The highest BCUT2D eigenvalue weighted by molar-refractivity contribution is 6.59. The highest BCUT2D eigenvalue weighted by Crippen LogP contribution is 2.13. The molecule has 0 atom stereocenters. The van der Waals surface area contributed by atoms with Crippen molar-refractivity contribution < 1.29 is 14.5 Å². The standard InChI is InChI=1S/C9H9BN2O3/c1-6-4-8(9-11-2-3-15-9)12-5-7(6)10(13)14/h2-5,13-14H,1H3. The number of aryl methyl sites for hydroxylation is 1. The van der Waals surface area contributed by atoms with Gasteiger partial charge < -0.3 is 14.5 Å². The summed E-state index contributed by atoms with van der Waals surface area (Å²) < 4.78 is 5.08. The lowest BCUT2D eigenvalue weighted by atomic mass is 9.78. The Morgan fingerprint density at radius 3 is 2.67 bits per heavy atom. The Bertz CT molecular complexity index is 456. The summed E-state index contributed by atoms with van der Waals surface area (Å²) in [6.07, 6.45) is 4.39. The van der Waals surface area contributed by atoms with Gasteiger partial charge in [0.2, 0.25) is 5.89 Å². The van der Waals surface area contributed by atoms with E-state index in [1.165, 1.54) is 18.7 Å². The van der Waals surface area contributed by atoms with Crippen molar-refractivity contribution in [2.45, 2.75) is 6.92 Å². The van der Waals surface area contributed by atoms with Gasteiger partial charge in [-0.3, -0.25) is 4.98 Å². The lowest BCUT2D eigenvalue weighted by molar-refractivity contribution is 0.425. The van der Waals surface area contributed by atoms with Crippen LogP contribution in [-0.4, -0.2) is 27.1 Å². The van der Waals surface area contributed by atoms with Gasteiger partial charge in [0.05, 0.1) is 6.20 Å². The van der Waals surface area contributed by atoms with Crippen LogP contribution in [0.1, 0.15) is 5.56 Å². The van der Waals surface area contributed by atoms with Gasteiger partial charge in [-0.05, 0) is 18.6 Å². The summed E-state index contributed by atoms with van der Waals surface area (Å²) in [7, 11) is -1.50. The zero-order valence-electron chi connectivity index (χ0n) is 8.08. The molecule has 76 valence electrons. The SMILES string of the molecule is Cc1cc(-c2ncco2)ncc1B(O)O. The lowest BCUT2D eigenvalue weighted by Crippen LogP contribution is -2.32. The van der Waals surface area contributed by atoms with E-state index in [2.05, 4.69) is 9.97 Å². The number of hydrogen-bond donors (Lipinski definition) is 2. The highest BCUT2D eigenvalue weighted by atomic mass is 16.4. The van der Waals surface area contributed by atoms with Gasteiger partial charge in [0, 0.05) is 11.7 Å². The minimum atomic E-state index is -1.50. The first-order valence-electron chi connectivity index (χ1n) is 4.41. The zero-order chi connectivity index (χ0) is 10.8. The molecule has 2 aromatic heterocycles. The second-order valence-electron chi connectivity index (χ2n) is 3.14. The van der Waals surface area contributed by atoms with Crippen LogP contribution in [0.25, 0.3) is 11.6 Å². The van der Waals surface area contributed by atoms with Crippen molar-refractivity contribution >= 4 is 12.6 Å². The average Bonchev–Trinajstić information content (AvgIpc) is 2.69. The van der Waals surface area contributed by atoms with Crippen molar-refractivity contribution in [2.24, 2.45) is 0 Å². The summed E-state index contributed by atoms with van der Waals surface area (Å²) in [5, 5.41) is 18.0. The van der Waals surface area contributed by atoms with Gasteiger partial charge in [0.25, 0.3) is 0 Å². The van der Waals surface area contributed by atoms with Crippen LogP contribution in [0.15, 0.2) is 29.1 Å². The molecular formula is C9H9BN2O3. The monoisotopic (exact) mass is 204 g/mol. The van der Waals surface area contributed by atoms with Gasteiger partial charge in [-0.1, -0.05) is 0 Å². The van der Waals surface area contributed by atoms with Crippen LogP contribution in [-0.2, 0) is 0 Å². The molecule has 15 heavy (non-hydrogen) atoms. The summed E-state index contributed by atoms with van der Waals surface area (Å²) in [6.45, 7) is 1.77. The Morgan fingerprint density at radius 2 is 2.13 bits per heavy atom. The minimum absolute atomic E-state index is 0.380. The largest absolute Gasteiger partial charge is 0.490 e. The molecule has 0 bridgehead atoms. The molecule has 0 fully saturated rings. The Morgan fingerprint density at radius 1 is 1.33 bits per heavy atom. The topological polar surface area (TPSA) is 79.4 Å². The van der Waals surface area contributed by atoms with E-state index in [-0.39, 0.29) is 0 Å². The van der Waals surface area contributed by atoms with Crippen molar-refractivity contribution in [2.75, 3.05) is 0 Å². The molecule has 2 aromatic rings. The molecule has 0 spiro atoms. The summed E-state index contributed by atoms with van der Waals surface area (Å²) in [5.74, 6) is 0.414. The summed E-state index contributed by atoms with van der Waals surface area (Å²) in [5.41, 5.74) is 1.68. The van der Waals surface area contributed by atoms with Crippen LogP contribution >= 0.6 is 0 Å². The second kappa shape index (κ2) is 3.84. The van der Waals surface area contributed by atoms with Gasteiger partial charge in [-0.2, -0.15) is 0 Å². The first kappa shape index (κ1) is 9.88. The summed E-state index contributed by atoms with van der Waals surface area (Å²) in [4.78, 5) is 7.97. The molecular weight excluding hydrogens is 195 g/mol. The molecule has 0 aliphatic carbocycles. The maximum Gasteiger partial charge on any atom is 0.490 e. The third kappa shape index (κ3) is 1.90. The van der Waals surface area contributed by atoms with E-state index >= 15 is 0 Å². The smallest absolute Gasteiger partial charge is 0.443 e. The van der Waals surface area contributed by atoms with E-state index in [0.29, 0.717) is 17.0 Å². The lowest BCUT2D eigenvalue weighted by Gasteiger charge is -2.04. The van der Waals surface area contributed by atoms with E-state index in [1.807, 2.05) is 0 Å². The molecule has 0 amide bonds. The first-order chi connectivity index (χ1) is 7.18. The molecule has 0 saturated carbocycles. The molecule has 6 heteroatoms. The van der Waals surface area contributed by atoms with Crippen LogP contribution in [0.3, 0.4) is 0 Å². The number of rotatable bonds is 2. The molecule has 0 saturated heterocycles. The summed E-state index contributed by atoms with van der Waals surface area (Å²) in [6, 6.07) is 1.70. The van der Waals surface area contributed by atoms with Crippen LogP contribution in [0.5, 0.6) is 0 Å². The van der Waals surface area contributed by atoms with Gasteiger partial charge in [0.15, 0.2) is 0 Å². The number of pyridine rings is 1. The third-order valence-corrected chi connectivity index (χ3v) is 2.08. The van der Waals surface area contributed by atoms with Crippen LogP contribution < -0.4 is 5.46 Å². The Hall–Kier alpha value is -1.66. The van der Waals surface area contributed by atoms with Gasteiger partial charge in [0.1, 0.15) is 12.0 Å². The van der Waals surface area contributed by atoms with Crippen molar-refractivity contribution in [1.82, 2.24) is 9.97 Å². The van der Waals surface area contributed by atoms with Crippen molar-refractivity contribution in [3.05, 3.63) is 30.3 Å². The molecule has 0 aromatic carbocycles. The average molecular weight is 204 g/mol. The number of nitrogens with zero attached hydrogens (tertiary/aromatic N) is 2. The van der Waals surface area contributed by atoms with Crippen molar-refractivity contribution in [3.63, 3.8) is 0 Å². The maximum absolute atomic E-state index is 9.00. The fraction of sp³-hybridized carbons (Fsp3) is 0.111. The van der Waals surface area contributed by atoms with Gasteiger partial charge in [-0.25, -0.2) is 4.98 Å². The fourth-order valence-corrected chi connectivity index (χ4v) is 1.30. The van der Waals surface area contributed by atoms with Crippen LogP contribution in [0.2, 0.25) is 0 Å². The number of oxazole rings is 1. The van der Waals surface area contributed by atoms with E-state index < -0.39 is 7.12 Å². The normalized spacial score (nSPS) is 10.3. The molecule has 2 heterocycles. The minimum Gasteiger partial charge on any atom is -0.443 e. The zero-order valence-corrected chi connectivity index (χ0v) is 8.08. The quantitative estimate of drug-likeness (QED) is 0.658. The number of aromatic nitrogens is 2. The van der Waals surface area contributed by atoms with Crippen LogP contribution in [0, 0.1) is 6.92 Å². The van der Waals surface area contributed by atoms with Crippen molar-refractivity contribution in [3.8, 4) is 11.6 Å². The predicted octanol–water partition coefficient (Wildman–Crippen LogP) is -0.275.